The van der Waals surface area contributed by atoms with Gasteiger partial charge in [0.25, 0.3) is 0 Å². The predicted octanol–water partition coefficient (Wildman–Crippen LogP) is 1.67. The van der Waals surface area contributed by atoms with Gasteiger partial charge in [0.15, 0.2) is 0 Å². The largest absolute Gasteiger partial charge is 0.475 e. The SMILES string of the molecule is CCN1CCCC(O)(c2ccc(C(=O)O)o2)CC1. The summed E-state index contributed by atoms with van der Waals surface area (Å²) < 4.78 is 5.24. The first-order valence-corrected chi connectivity index (χ1v) is 6.33. The van der Waals surface area contributed by atoms with Crippen LogP contribution in [0.15, 0.2) is 16.5 Å². The molecule has 2 N–H and O–H groups in total. The third-order valence-electron chi connectivity index (χ3n) is 3.63. The molecule has 100 valence electrons. The van der Waals surface area contributed by atoms with Crippen molar-refractivity contribution in [2.24, 2.45) is 0 Å². The molecule has 0 spiro atoms. The van der Waals surface area contributed by atoms with Gasteiger partial charge in [-0.3, -0.25) is 0 Å². The molecule has 1 saturated heterocycles. The van der Waals surface area contributed by atoms with Crippen LogP contribution < -0.4 is 0 Å². The molecule has 1 atom stereocenters. The Kier molecular flexibility index (Phi) is 3.73. The van der Waals surface area contributed by atoms with Crippen LogP contribution >= 0.6 is 0 Å². The second kappa shape index (κ2) is 5.12. The minimum absolute atomic E-state index is 0.116. The number of hydrogen-bond acceptors (Lipinski definition) is 4. The van der Waals surface area contributed by atoms with E-state index in [0.29, 0.717) is 18.6 Å². The quantitative estimate of drug-likeness (QED) is 0.857. The minimum Gasteiger partial charge on any atom is -0.475 e. The van der Waals surface area contributed by atoms with Crippen LogP contribution in [0.1, 0.15) is 42.5 Å². The van der Waals surface area contributed by atoms with Crippen molar-refractivity contribution in [3.63, 3.8) is 0 Å². The summed E-state index contributed by atoms with van der Waals surface area (Å²) in [6.07, 6.45) is 2.07. The highest BCUT2D eigenvalue weighted by molar-refractivity contribution is 5.84. The molecule has 0 aliphatic carbocycles. The normalized spacial score (nSPS) is 25.9. The van der Waals surface area contributed by atoms with Crippen LogP contribution in [0.25, 0.3) is 0 Å². The van der Waals surface area contributed by atoms with Crippen molar-refractivity contribution in [1.29, 1.82) is 0 Å². The molecular formula is C13H19NO4. The topological polar surface area (TPSA) is 73.9 Å². The number of carboxylic acid groups (broad SMARTS) is 1. The van der Waals surface area contributed by atoms with Gasteiger partial charge in [0, 0.05) is 6.54 Å². The van der Waals surface area contributed by atoms with Crippen molar-refractivity contribution < 1.29 is 19.4 Å². The molecule has 1 aromatic rings. The van der Waals surface area contributed by atoms with Gasteiger partial charge in [-0.2, -0.15) is 0 Å². The highest BCUT2D eigenvalue weighted by atomic mass is 16.4. The number of likely N-dealkylation sites (tertiary alicyclic amines) is 1. The van der Waals surface area contributed by atoms with Gasteiger partial charge < -0.3 is 19.5 Å². The van der Waals surface area contributed by atoms with E-state index in [1.54, 1.807) is 6.07 Å². The van der Waals surface area contributed by atoms with E-state index < -0.39 is 11.6 Å². The van der Waals surface area contributed by atoms with Crippen LogP contribution in [0.4, 0.5) is 0 Å². The van der Waals surface area contributed by atoms with Crippen LogP contribution in [-0.4, -0.2) is 40.7 Å². The summed E-state index contributed by atoms with van der Waals surface area (Å²) in [4.78, 5) is 13.1. The Labute approximate surface area is 106 Å². The Morgan fingerprint density at radius 3 is 2.83 bits per heavy atom. The van der Waals surface area contributed by atoms with Crippen molar-refractivity contribution in [2.75, 3.05) is 19.6 Å². The fourth-order valence-electron chi connectivity index (χ4n) is 2.44. The lowest BCUT2D eigenvalue weighted by molar-refractivity contribution is -0.000703. The molecule has 18 heavy (non-hydrogen) atoms. The standard InChI is InChI=1S/C13H19NO4/c1-2-14-8-3-6-13(17,7-9-14)11-5-4-10(18-11)12(15)16/h4-5,17H,2-3,6-9H2,1H3,(H,15,16). The molecule has 1 aromatic heterocycles. The molecular weight excluding hydrogens is 234 g/mol. The summed E-state index contributed by atoms with van der Waals surface area (Å²) >= 11 is 0. The summed E-state index contributed by atoms with van der Waals surface area (Å²) in [6.45, 7) is 4.83. The third-order valence-corrected chi connectivity index (χ3v) is 3.63. The Hall–Kier alpha value is -1.33. The Morgan fingerprint density at radius 2 is 2.22 bits per heavy atom. The summed E-state index contributed by atoms with van der Waals surface area (Å²) in [5, 5.41) is 19.5. The maximum Gasteiger partial charge on any atom is 0.371 e. The van der Waals surface area contributed by atoms with E-state index in [2.05, 4.69) is 11.8 Å². The van der Waals surface area contributed by atoms with Crippen molar-refractivity contribution >= 4 is 5.97 Å². The lowest BCUT2D eigenvalue weighted by Gasteiger charge is -2.24. The highest BCUT2D eigenvalue weighted by Gasteiger charge is 2.35. The molecule has 0 saturated carbocycles. The number of rotatable bonds is 3. The number of hydrogen-bond donors (Lipinski definition) is 2. The number of aliphatic hydroxyl groups is 1. The van der Waals surface area contributed by atoms with Crippen molar-refractivity contribution in [3.05, 3.63) is 23.7 Å². The van der Waals surface area contributed by atoms with Gasteiger partial charge in [0.1, 0.15) is 11.4 Å². The molecule has 5 heteroatoms. The van der Waals surface area contributed by atoms with Crippen LogP contribution in [0.2, 0.25) is 0 Å². The summed E-state index contributed by atoms with van der Waals surface area (Å²) in [5.74, 6) is -0.846. The predicted molar refractivity (Wildman–Crippen MR) is 65.5 cm³/mol. The lowest BCUT2D eigenvalue weighted by Crippen LogP contribution is -2.28. The average molecular weight is 253 g/mol. The number of carbonyl (C=O) groups is 1. The average Bonchev–Trinajstić information content (AvgIpc) is 2.76. The second-order valence-electron chi connectivity index (χ2n) is 4.79. The molecule has 1 aliphatic rings. The van der Waals surface area contributed by atoms with E-state index in [4.69, 9.17) is 9.52 Å². The van der Waals surface area contributed by atoms with Crippen molar-refractivity contribution in [1.82, 2.24) is 4.90 Å². The Balaban J connectivity index is 2.16. The summed E-state index contributed by atoms with van der Waals surface area (Å²) in [7, 11) is 0. The van der Waals surface area contributed by atoms with Gasteiger partial charge in [-0.05, 0) is 44.5 Å². The molecule has 0 aromatic carbocycles. The van der Waals surface area contributed by atoms with Crippen LogP contribution in [0, 0.1) is 0 Å². The minimum atomic E-state index is -1.10. The first kappa shape index (κ1) is 13.1. The molecule has 2 rings (SSSR count). The summed E-state index contributed by atoms with van der Waals surface area (Å²) in [5.41, 5.74) is -1.03. The van der Waals surface area contributed by atoms with Crippen molar-refractivity contribution in [3.8, 4) is 0 Å². The zero-order valence-corrected chi connectivity index (χ0v) is 10.6. The third kappa shape index (κ3) is 2.57. The molecule has 0 amide bonds. The maximum absolute atomic E-state index is 10.8. The lowest BCUT2D eigenvalue weighted by atomic mass is 9.92. The molecule has 0 bridgehead atoms. The number of furan rings is 1. The zero-order valence-electron chi connectivity index (χ0n) is 10.6. The molecule has 2 heterocycles. The monoisotopic (exact) mass is 253 g/mol. The zero-order chi connectivity index (χ0) is 13.2. The summed E-state index contributed by atoms with van der Waals surface area (Å²) in [6, 6.07) is 2.98. The smallest absolute Gasteiger partial charge is 0.371 e. The molecule has 1 unspecified atom stereocenters. The van der Waals surface area contributed by atoms with Crippen LogP contribution in [0.5, 0.6) is 0 Å². The van der Waals surface area contributed by atoms with Gasteiger partial charge in [0.05, 0.1) is 0 Å². The molecule has 5 nitrogen and oxygen atoms in total. The van der Waals surface area contributed by atoms with Gasteiger partial charge in [-0.25, -0.2) is 4.79 Å². The Bertz CT molecular complexity index is 428. The molecule has 1 aliphatic heterocycles. The van der Waals surface area contributed by atoms with E-state index >= 15 is 0 Å². The van der Waals surface area contributed by atoms with Gasteiger partial charge in [-0.1, -0.05) is 6.92 Å². The number of aromatic carboxylic acids is 1. The fraction of sp³-hybridized carbons (Fsp3) is 0.615. The first-order valence-electron chi connectivity index (χ1n) is 6.33. The number of carboxylic acids is 1. The van der Waals surface area contributed by atoms with Gasteiger partial charge >= 0.3 is 5.97 Å². The number of nitrogens with zero attached hydrogens (tertiary/aromatic N) is 1. The second-order valence-corrected chi connectivity index (χ2v) is 4.79. The van der Waals surface area contributed by atoms with Crippen LogP contribution in [0.3, 0.4) is 0 Å². The maximum atomic E-state index is 10.8. The van der Waals surface area contributed by atoms with E-state index in [1.165, 1.54) is 6.07 Å². The van der Waals surface area contributed by atoms with Crippen LogP contribution in [-0.2, 0) is 5.60 Å². The van der Waals surface area contributed by atoms with Crippen molar-refractivity contribution in [2.45, 2.75) is 31.8 Å². The van der Waals surface area contributed by atoms with E-state index in [9.17, 15) is 9.90 Å². The van der Waals surface area contributed by atoms with Gasteiger partial charge in [0.2, 0.25) is 5.76 Å². The molecule has 1 fully saturated rings. The fourth-order valence-corrected chi connectivity index (χ4v) is 2.44. The molecule has 0 radical (unpaired) electrons. The van der Waals surface area contributed by atoms with E-state index in [-0.39, 0.29) is 5.76 Å². The van der Waals surface area contributed by atoms with E-state index in [1.807, 2.05) is 0 Å². The van der Waals surface area contributed by atoms with E-state index in [0.717, 1.165) is 26.1 Å². The first-order chi connectivity index (χ1) is 8.55. The highest BCUT2D eigenvalue weighted by Crippen LogP contribution is 2.33. The Morgan fingerprint density at radius 1 is 1.44 bits per heavy atom. The van der Waals surface area contributed by atoms with Gasteiger partial charge in [-0.15, -0.1) is 0 Å².